The Morgan fingerprint density at radius 2 is 0.836 bits per heavy atom. The monoisotopic (exact) mass is 894 g/mol. The van der Waals surface area contributed by atoms with Gasteiger partial charge in [0.1, 0.15) is 25.3 Å². The van der Waals surface area contributed by atoms with Crippen LogP contribution in [0.15, 0.2) is 0 Å². The molecule has 0 aliphatic rings. The summed E-state index contributed by atoms with van der Waals surface area (Å²) in [5.74, 6) is -4.19. The van der Waals surface area contributed by atoms with Gasteiger partial charge in [-0.15, -0.1) is 0 Å². The average molecular weight is 894 g/mol. The van der Waals surface area contributed by atoms with Crippen molar-refractivity contribution in [1.82, 2.24) is 26.0 Å². The van der Waals surface area contributed by atoms with Crippen LogP contribution in [0.2, 0.25) is 0 Å². The number of carboxylic acids is 3. The van der Waals surface area contributed by atoms with E-state index in [1.54, 1.807) is 0 Å². The van der Waals surface area contributed by atoms with Crippen LogP contribution in [0.4, 0.5) is 0 Å². The van der Waals surface area contributed by atoms with Crippen LogP contribution in [-0.2, 0) is 52.5 Å². The summed E-state index contributed by atoms with van der Waals surface area (Å²) in [5, 5.41) is 37.6. The summed E-state index contributed by atoms with van der Waals surface area (Å²) in [4.78, 5) is 81.2. The molecule has 0 bridgehead atoms. The third kappa shape index (κ3) is 40.3. The molecule has 0 saturated carbocycles. The third-order valence-corrected chi connectivity index (χ3v) is 9.69. The van der Waals surface area contributed by atoms with Crippen molar-refractivity contribution in [3.8, 4) is 0 Å². The number of carbonyl (C=O) groups excluding carboxylic acids is 4. The standard InChI is InChI=1S/C41H75N5O14S/c47-35(21-20-33(40(53)54)45-36(48)18-13-11-9-7-5-3-1-2-4-6-8-10-12-14-19-39(51)52)43-23-25-57-27-30-60-32-38(50)44-24-26-58-28-29-59-31-37(49)42-22-16-15-17-34(46-61)41(55)56/h33-34,46,61H,1-32H2,(H,42,49)(H,43,47)(H,44,50)(H,45,48)(H,51,52)(H,53,54)(H,55,56)/t33-,34-/m0/s1. The Bertz CT molecular complexity index is 1200. The number of aliphatic carboxylic acids is 3. The van der Waals surface area contributed by atoms with Crippen molar-refractivity contribution in [2.75, 3.05) is 72.5 Å². The highest BCUT2D eigenvalue weighted by atomic mass is 32.1. The maximum absolute atomic E-state index is 12.3. The Morgan fingerprint density at radius 1 is 0.410 bits per heavy atom. The fraction of sp³-hybridized carbons (Fsp3) is 0.829. The summed E-state index contributed by atoms with van der Waals surface area (Å²) < 4.78 is 23.7. The molecule has 4 amide bonds. The van der Waals surface area contributed by atoms with E-state index in [0.29, 0.717) is 32.2 Å². The summed E-state index contributed by atoms with van der Waals surface area (Å²) in [7, 11) is 0. The second-order valence-corrected chi connectivity index (χ2v) is 15.0. The van der Waals surface area contributed by atoms with E-state index in [2.05, 4.69) is 38.8 Å². The van der Waals surface area contributed by atoms with E-state index in [-0.39, 0.29) is 115 Å². The van der Waals surface area contributed by atoms with Gasteiger partial charge in [-0.3, -0.25) is 33.5 Å². The first-order chi connectivity index (χ1) is 29.5. The quantitative estimate of drug-likeness (QED) is 0.0314. The average Bonchev–Trinajstić information content (AvgIpc) is 3.22. The van der Waals surface area contributed by atoms with Gasteiger partial charge in [-0.25, -0.2) is 4.79 Å². The summed E-state index contributed by atoms with van der Waals surface area (Å²) in [6.45, 7) is 1.79. The van der Waals surface area contributed by atoms with Gasteiger partial charge >= 0.3 is 17.9 Å². The highest BCUT2D eigenvalue weighted by molar-refractivity contribution is 7.78. The molecular weight excluding hydrogens is 819 g/mol. The van der Waals surface area contributed by atoms with Crippen LogP contribution < -0.4 is 26.0 Å². The molecule has 20 heteroatoms. The fourth-order valence-corrected chi connectivity index (χ4v) is 6.15. The van der Waals surface area contributed by atoms with Crippen molar-refractivity contribution in [2.24, 2.45) is 0 Å². The number of carboxylic acid groups (broad SMARTS) is 3. The first kappa shape index (κ1) is 57.4. The summed E-state index contributed by atoms with van der Waals surface area (Å²) in [6, 6.07) is -1.88. The molecule has 0 unspecified atom stereocenters. The van der Waals surface area contributed by atoms with Crippen LogP contribution in [0.3, 0.4) is 0 Å². The molecule has 0 radical (unpaired) electrons. The van der Waals surface area contributed by atoms with Gasteiger partial charge < -0.3 is 55.5 Å². The van der Waals surface area contributed by atoms with E-state index in [1.165, 1.54) is 38.5 Å². The van der Waals surface area contributed by atoms with E-state index in [9.17, 15) is 38.7 Å². The smallest absolute Gasteiger partial charge is 0.326 e. The molecule has 354 valence electrons. The molecular formula is C41H75N5O14S. The highest BCUT2D eigenvalue weighted by Crippen LogP contribution is 2.14. The number of hydrogen-bond donors (Lipinski definition) is 9. The van der Waals surface area contributed by atoms with E-state index in [4.69, 9.17) is 29.2 Å². The minimum atomic E-state index is -1.19. The molecule has 0 aliphatic heterocycles. The van der Waals surface area contributed by atoms with Crippen molar-refractivity contribution in [3.63, 3.8) is 0 Å². The molecule has 0 saturated heterocycles. The molecule has 0 aromatic heterocycles. The second-order valence-electron chi connectivity index (χ2n) is 14.7. The Balaban J connectivity index is 3.65. The topological polar surface area (TPSA) is 277 Å². The molecule has 0 spiro atoms. The van der Waals surface area contributed by atoms with E-state index >= 15 is 0 Å². The van der Waals surface area contributed by atoms with Crippen LogP contribution in [0.25, 0.3) is 0 Å². The van der Waals surface area contributed by atoms with E-state index in [1.807, 2.05) is 0 Å². The van der Waals surface area contributed by atoms with Gasteiger partial charge in [-0.1, -0.05) is 89.9 Å². The van der Waals surface area contributed by atoms with Gasteiger partial charge in [-0.2, -0.15) is 0 Å². The van der Waals surface area contributed by atoms with Crippen LogP contribution in [-0.4, -0.2) is 141 Å². The predicted molar refractivity (Wildman–Crippen MR) is 230 cm³/mol. The van der Waals surface area contributed by atoms with Crippen LogP contribution in [0.5, 0.6) is 0 Å². The maximum atomic E-state index is 12.3. The lowest BCUT2D eigenvalue weighted by Crippen LogP contribution is -2.41. The van der Waals surface area contributed by atoms with Crippen molar-refractivity contribution in [1.29, 1.82) is 0 Å². The van der Waals surface area contributed by atoms with Gasteiger partial charge in [0.2, 0.25) is 23.6 Å². The lowest BCUT2D eigenvalue weighted by molar-refractivity contribution is -0.142. The minimum absolute atomic E-state index is 0.0320. The number of hydrogen-bond acceptors (Lipinski definition) is 13. The number of carbonyl (C=O) groups is 7. The molecule has 0 heterocycles. The Morgan fingerprint density at radius 3 is 1.30 bits per heavy atom. The zero-order chi connectivity index (χ0) is 45.2. The van der Waals surface area contributed by atoms with Crippen molar-refractivity contribution in [3.05, 3.63) is 0 Å². The van der Waals surface area contributed by atoms with Gasteiger partial charge in [0.25, 0.3) is 0 Å². The molecule has 2 atom stereocenters. The number of thiol groups is 1. The van der Waals surface area contributed by atoms with Crippen LogP contribution in [0, 0.1) is 0 Å². The number of amides is 4. The summed E-state index contributed by atoms with van der Waals surface area (Å²) in [6.07, 6.45) is 17.1. The number of rotatable bonds is 45. The van der Waals surface area contributed by atoms with Crippen molar-refractivity contribution >= 4 is 54.4 Å². The van der Waals surface area contributed by atoms with Gasteiger partial charge in [0.05, 0.1) is 39.6 Å². The van der Waals surface area contributed by atoms with Crippen LogP contribution >= 0.6 is 12.8 Å². The largest absolute Gasteiger partial charge is 0.481 e. The lowest BCUT2D eigenvalue weighted by Gasteiger charge is -2.14. The Hall–Kier alpha value is -3.56. The SMILES string of the molecule is O=C(O)CCCCCCCCCCCCCCCCC(=O)N[C@@H](CCC(=O)NCCOCCOCC(=O)NCCOCCOCC(=O)NCCCC[C@H](NS)C(=O)O)C(=O)O. The number of nitrogens with one attached hydrogen (secondary N) is 5. The zero-order valence-electron chi connectivity index (χ0n) is 36.1. The lowest BCUT2D eigenvalue weighted by atomic mass is 10.0. The molecule has 0 aromatic carbocycles. The molecule has 8 N–H and O–H groups in total. The maximum Gasteiger partial charge on any atom is 0.326 e. The molecule has 0 aromatic rings. The predicted octanol–water partition coefficient (Wildman–Crippen LogP) is 3.14. The number of ether oxygens (including phenoxy) is 4. The second kappa shape index (κ2) is 41.8. The van der Waals surface area contributed by atoms with E-state index < -0.39 is 30.0 Å². The first-order valence-electron chi connectivity index (χ1n) is 21.9. The first-order valence-corrected chi connectivity index (χ1v) is 22.4. The number of unbranched alkanes of at least 4 members (excludes halogenated alkanes) is 14. The third-order valence-electron chi connectivity index (χ3n) is 9.38. The highest BCUT2D eigenvalue weighted by Gasteiger charge is 2.21. The van der Waals surface area contributed by atoms with Crippen molar-refractivity contribution < 1.29 is 67.8 Å². The van der Waals surface area contributed by atoms with Crippen molar-refractivity contribution in [2.45, 2.75) is 147 Å². The van der Waals surface area contributed by atoms with E-state index in [0.717, 1.165) is 44.9 Å². The summed E-state index contributed by atoms with van der Waals surface area (Å²) >= 11 is 3.78. The molecule has 0 fully saturated rings. The Labute approximate surface area is 366 Å². The van der Waals surface area contributed by atoms with Gasteiger partial charge in [0, 0.05) is 38.9 Å². The van der Waals surface area contributed by atoms with Crippen LogP contribution in [0.1, 0.15) is 135 Å². The summed E-state index contributed by atoms with van der Waals surface area (Å²) in [5.41, 5.74) is 0. The molecule has 0 rings (SSSR count). The molecule has 0 aliphatic carbocycles. The van der Waals surface area contributed by atoms with Gasteiger partial charge in [-0.05, 0) is 38.5 Å². The zero-order valence-corrected chi connectivity index (χ0v) is 37.0. The minimum Gasteiger partial charge on any atom is -0.481 e. The Kier molecular flexibility index (Phi) is 39.3. The molecule has 61 heavy (non-hydrogen) atoms. The van der Waals surface area contributed by atoms with Gasteiger partial charge in [0.15, 0.2) is 0 Å². The molecule has 19 nitrogen and oxygen atoms in total. The fourth-order valence-electron chi connectivity index (χ4n) is 5.91. The normalized spacial score (nSPS) is 12.0.